The molecule has 0 radical (unpaired) electrons. The van der Waals surface area contributed by atoms with E-state index in [1.165, 1.54) is 11.8 Å². The van der Waals surface area contributed by atoms with Gasteiger partial charge in [0.05, 0.1) is 9.82 Å². The van der Waals surface area contributed by atoms with Crippen LogP contribution in [0, 0.1) is 16.0 Å². The molecule has 1 rings (SSSR count). The third-order valence-corrected chi connectivity index (χ3v) is 3.50. The van der Waals surface area contributed by atoms with Gasteiger partial charge in [0.2, 0.25) is 0 Å². The molecule has 16 heavy (non-hydrogen) atoms. The van der Waals surface area contributed by atoms with E-state index in [1.807, 2.05) is 6.07 Å². The normalized spacial score (nSPS) is 10.5. The molecule has 1 aromatic carbocycles. The maximum Gasteiger partial charge on any atom is 0.305 e. The van der Waals surface area contributed by atoms with Crippen molar-refractivity contribution < 1.29 is 4.92 Å². The van der Waals surface area contributed by atoms with Crippen molar-refractivity contribution in [1.29, 1.82) is 0 Å². The van der Waals surface area contributed by atoms with Crippen LogP contribution in [0.15, 0.2) is 23.1 Å². The second-order valence-corrected chi connectivity index (χ2v) is 4.93. The Morgan fingerprint density at radius 2 is 2.19 bits per heavy atom. The summed E-state index contributed by atoms with van der Waals surface area (Å²) in [6.45, 7) is 4.20. The summed E-state index contributed by atoms with van der Waals surface area (Å²) in [5, 5.41) is 13.8. The lowest BCUT2D eigenvalue weighted by molar-refractivity contribution is -0.386. The molecule has 0 amide bonds. The highest BCUT2D eigenvalue weighted by Gasteiger charge is 2.19. The minimum atomic E-state index is -0.325. The molecule has 0 fully saturated rings. The van der Waals surface area contributed by atoms with Gasteiger partial charge in [-0.25, -0.2) is 0 Å². The van der Waals surface area contributed by atoms with Crippen molar-refractivity contribution in [2.45, 2.75) is 18.7 Å². The number of nitro benzene ring substituents is 1. The molecule has 1 N–H and O–H groups in total. The molecule has 0 atom stereocenters. The number of nitro groups is 1. The highest BCUT2D eigenvalue weighted by Crippen LogP contribution is 2.35. The fraction of sp³-hybridized carbons (Fsp3) is 0.455. The highest BCUT2D eigenvalue weighted by atomic mass is 32.2. The molecule has 0 saturated carbocycles. The predicted molar refractivity (Wildman–Crippen MR) is 68.2 cm³/mol. The molecule has 0 heterocycles. The first kappa shape index (κ1) is 12.8. The minimum Gasteiger partial charge on any atom is -0.383 e. The Bertz CT molecular complexity index is 380. The Hall–Kier alpha value is -1.23. The largest absolute Gasteiger partial charge is 0.383 e. The predicted octanol–water partition coefficient (Wildman–Crippen LogP) is 3.38. The summed E-state index contributed by atoms with van der Waals surface area (Å²) >= 11 is 1.53. The van der Waals surface area contributed by atoms with E-state index in [9.17, 15) is 10.1 Å². The SMILES string of the molecule is CNc1cccc(SCC(C)C)c1[N+](=O)[O-]. The number of rotatable bonds is 5. The van der Waals surface area contributed by atoms with Gasteiger partial charge in [0.1, 0.15) is 5.69 Å². The molecule has 0 bridgehead atoms. The Morgan fingerprint density at radius 1 is 1.50 bits per heavy atom. The topological polar surface area (TPSA) is 55.2 Å². The van der Waals surface area contributed by atoms with Crippen LogP contribution < -0.4 is 5.32 Å². The lowest BCUT2D eigenvalue weighted by Gasteiger charge is -2.08. The second kappa shape index (κ2) is 5.75. The standard InChI is InChI=1S/C11H16N2O2S/c1-8(2)7-16-10-6-4-5-9(12-3)11(10)13(14)15/h4-6,8,12H,7H2,1-3H3. The van der Waals surface area contributed by atoms with Gasteiger partial charge in [0.15, 0.2) is 0 Å². The van der Waals surface area contributed by atoms with Gasteiger partial charge in [-0.3, -0.25) is 10.1 Å². The van der Waals surface area contributed by atoms with E-state index in [0.29, 0.717) is 11.6 Å². The van der Waals surface area contributed by atoms with Gasteiger partial charge in [0.25, 0.3) is 0 Å². The molecule has 88 valence electrons. The first-order valence-corrected chi connectivity index (χ1v) is 6.12. The van der Waals surface area contributed by atoms with Crippen LogP contribution in [0.1, 0.15) is 13.8 Å². The second-order valence-electron chi connectivity index (χ2n) is 3.86. The van der Waals surface area contributed by atoms with Gasteiger partial charge in [-0.15, -0.1) is 11.8 Å². The van der Waals surface area contributed by atoms with Crippen LogP contribution in [-0.4, -0.2) is 17.7 Å². The number of anilines is 1. The lowest BCUT2D eigenvalue weighted by atomic mass is 10.2. The van der Waals surface area contributed by atoms with Gasteiger partial charge in [-0.05, 0) is 18.1 Å². The zero-order valence-corrected chi connectivity index (χ0v) is 10.5. The summed E-state index contributed by atoms with van der Waals surface area (Å²) in [7, 11) is 1.69. The van der Waals surface area contributed by atoms with Crippen LogP contribution in [0.4, 0.5) is 11.4 Å². The molecule has 0 saturated heterocycles. The zero-order chi connectivity index (χ0) is 12.1. The number of benzene rings is 1. The van der Waals surface area contributed by atoms with E-state index >= 15 is 0 Å². The number of hydrogen-bond donors (Lipinski definition) is 1. The number of nitrogens with zero attached hydrogens (tertiary/aromatic N) is 1. The quantitative estimate of drug-likeness (QED) is 0.487. The van der Waals surface area contributed by atoms with E-state index in [-0.39, 0.29) is 10.6 Å². The third-order valence-electron chi connectivity index (χ3n) is 2.02. The number of nitrogens with one attached hydrogen (secondary N) is 1. The zero-order valence-electron chi connectivity index (χ0n) is 9.69. The maximum absolute atomic E-state index is 11.0. The third kappa shape index (κ3) is 3.13. The van der Waals surface area contributed by atoms with Crippen LogP contribution in [-0.2, 0) is 0 Å². The summed E-state index contributed by atoms with van der Waals surface area (Å²) in [5.74, 6) is 1.40. The van der Waals surface area contributed by atoms with Crippen molar-refractivity contribution >= 4 is 23.1 Å². The Kier molecular flexibility index (Phi) is 4.61. The van der Waals surface area contributed by atoms with Crippen molar-refractivity contribution in [1.82, 2.24) is 0 Å². The smallest absolute Gasteiger partial charge is 0.305 e. The summed E-state index contributed by atoms with van der Waals surface area (Å²) in [4.78, 5) is 11.4. The Labute approximate surface area is 99.6 Å². The van der Waals surface area contributed by atoms with Crippen LogP contribution in [0.2, 0.25) is 0 Å². The molecule has 4 nitrogen and oxygen atoms in total. The number of thioether (sulfide) groups is 1. The van der Waals surface area contributed by atoms with Crippen molar-refractivity contribution in [3.8, 4) is 0 Å². The van der Waals surface area contributed by atoms with E-state index < -0.39 is 0 Å². The van der Waals surface area contributed by atoms with E-state index in [0.717, 1.165) is 10.6 Å². The molecular formula is C11H16N2O2S. The van der Waals surface area contributed by atoms with Crippen LogP contribution >= 0.6 is 11.8 Å². The van der Waals surface area contributed by atoms with E-state index in [1.54, 1.807) is 19.2 Å². The Morgan fingerprint density at radius 3 is 2.69 bits per heavy atom. The van der Waals surface area contributed by atoms with Gasteiger partial charge in [-0.1, -0.05) is 19.9 Å². The van der Waals surface area contributed by atoms with Crippen LogP contribution in [0.3, 0.4) is 0 Å². The van der Waals surface area contributed by atoms with Gasteiger partial charge in [-0.2, -0.15) is 0 Å². The van der Waals surface area contributed by atoms with Crippen LogP contribution in [0.5, 0.6) is 0 Å². The fourth-order valence-corrected chi connectivity index (χ4v) is 2.29. The Balaban J connectivity index is 3.02. The lowest BCUT2D eigenvalue weighted by Crippen LogP contribution is -1.99. The number of para-hydroxylation sites is 1. The molecule has 0 aliphatic rings. The fourth-order valence-electron chi connectivity index (χ4n) is 1.29. The maximum atomic E-state index is 11.0. The average Bonchev–Trinajstić information content (AvgIpc) is 2.25. The molecule has 1 aromatic rings. The summed E-state index contributed by atoms with van der Waals surface area (Å²) in [5.41, 5.74) is 0.745. The summed E-state index contributed by atoms with van der Waals surface area (Å²) in [6, 6.07) is 5.35. The molecule has 0 unspecified atom stereocenters. The van der Waals surface area contributed by atoms with E-state index in [4.69, 9.17) is 0 Å². The highest BCUT2D eigenvalue weighted by molar-refractivity contribution is 7.99. The molecule has 0 aliphatic carbocycles. The van der Waals surface area contributed by atoms with E-state index in [2.05, 4.69) is 19.2 Å². The molecule has 0 aromatic heterocycles. The van der Waals surface area contributed by atoms with Gasteiger partial charge in [0, 0.05) is 12.8 Å². The van der Waals surface area contributed by atoms with Gasteiger partial charge >= 0.3 is 5.69 Å². The van der Waals surface area contributed by atoms with Crippen LogP contribution in [0.25, 0.3) is 0 Å². The summed E-state index contributed by atoms with van der Waals surface area (Å²) in [6.07, 6.45) is 0. The van der Waals surface area contributed by atoms with Crippen molar-refractivity contribution in [3.63, 3.8) is 0 Å². The molecule has 5 heteroatoms. The monoisotopic (exact) mass is 240 g/mol. The molecule has 0 spiro atoms. The molecular weight excluding hydrogens is 224 g/mol. The van der Waals surface area contributed by atoms with Crippen molar-refractivity contribution in [3.05, 3.63) is 28.3 Å². The van der Waals surface area contributed by atoms with Crippen molar-refractivity contribution in [2.24, 2.45) is 5.92 Å². The number of hydrogen-bond acceptors (Lipinski definition) is 4. The average molecular weight is 240 g/mol. The molecule has 0 aliphatic heterocycles. The van der Waals surface area contributed by atoms with Crippen molar-refractivity contribution in [2.75, 3.05) is 18.1 Å². The first-order chi connectivity index (χ1) is 7.56. The summed E-state index contributed by atoms with van der Waals surface area (Å²) < 4.78 is 0. The van der Waals surface area contributed by atoms with Gasteiger partial charge < -0.3 is 5.32 Å². The minimum absolute atomic E-state index is 0.177. The first-order valence-electron chi connectivity index (χ1n) is 5.14.